The highest BCUT2D eigenvalue weighted by molar-refractivity contribution is 5.79. The molecule has 0 fully saturated rings. The standard InChI is InChI=1S/C10H15NO2/c1-4-6-7-10(3,8-11)9(12)13-5-2/h4,6H,5,7H2,1-3H3/b6-4+. The second-order valence-electron chi connectivity index (χ2n) is 2.94. The Morgan fingerprint density at radius 2 is 2.31 bits per heavy atom. The van der Waals surface area contributed by atoms with Crippen LogP contribution in [0.15, 0.2) is 12.2 Å². The lowest BCUT2D eigenvalue weighted by Crippen LogP contribution is -2.27. The van der Waals surface area contributed by atoms with Crippen LogP contribution >= 0.6 is 0 Å². The van der Waals surface area contributed by atoms with E-state index >= 15 is 0 Å². The Labute approximate surface area is 79.0 Å². The molecule has 3 nitrogen and oxygen atoms in total. The van der Waals surface area contributed by atoms with Crippen LogP contribution in [-0.4, -0.2) is 12.6 Å². The summed E-state index contributed by atoms with van der Waals surface area (Å²) in [5.41, 5.74) is -1.04. The zero-order valence-electron chi connectivity index (χ0n) is 8.33. The SMILES string of the molecule is C/C=C/CC(C)(C#N)C(=O)OCC. The van der Waals surface area contributed by atoms with Crippen LogP contribution in [0.5, 0.6) is 0 Å². The summed E-state index contributed by atoms with van der Waals surface area (Å²) in [6.45, 7) is 5.48. The summed E-state index contributed by atoms with van der Waals surface area (Å²) in [4.78, 5) is 11.3. The second-order valence-corrected chi connectivity index (χ2v) is 2.94. The van der Waals surface area contributed by atoms with Crippen LogP contribution in [0, 0.1) is 16.7 Å². The molecule has 0 aliphatic carbocycles. The quantitative estimate of drug-likeness (QED) is 0.492. The summed E-state index contributed by atoms with van der Waals surface area (Å²) in [5.74, 6) is -0.449. The van der Waals surface area contributed by atoms with Gasteiger partial charge in [-0.1, -0.05) is 12.2 Å². The zero-order valence-corrected chi connectivity index (χ0v) is 8.33. The molecular formula is C10H15NO2. The maximum Gasteiger partial charge on any atom is 0.326 e. The largest absolute Gasteiger partial charge is 0.465 e. The van der Waals surface area contributed by atoms with Crippen molar-refractivity contribution in [3.05, 3.63) is 12.2 Å². The van der Waals surface area contributed by atoms with E-state index in [-0.39, 0.29) is 0 Å². The Kier molecular flexibility index (Phi) is 4.83. The molecule has 1 atom stereocenters. The molecule has 0 N–H and O–H groups in total. The Hall–Kier alpha value is -1.30. The first-order valence-corrected chi connectivity index (χ1v) is 4.30. The van der Waals surface area contributed by atoms with Crippen molar-refractivity contribution in [2.75, 3.05) is 6.61 Å². The molecule has 0 spiro atoms. The van der Waals surface area contributed by atoms with Crippen LogP contribution in [0.1, 0.15) is 27.2 Å². The van der Waals surface area contributed by atoms with Gasteiger partial charge in [0, 0.05) is 0 Å². The van der Waals surface area contributed by atoms with Crippen LogP contribution in [0.2, 0.25) is 0 Å². The Balaban J connectivity index is 4.45. The Morgan fingerprint density at radius 1 is 1.69 bits per heavy atom. The Bertz CT molecular complexity index is 240. The number of nitriles is 1. The number of carbonyl (C=O) groups excluding carboxylic acids is 1. The predicted octanol–water partition coefficient (Wildman–Crippen LogP) is 2.05. The van der Waals surface area contributed by atoms with E-state index in [9.17, 15) is 4.79 Å². The summed E-state index contributed by atoms with van der Waals surface area (Å²) in [6, 6.07) is 1.97. The molecule has 0 aromatic heterocycles. The van der Waals surface area contributed by atoms with E-state index in [2.05, 4.69) is 0 Å². The third-order valence-electron chi connectivity index (χ3n) is 1.73. The molecule has 1 unspecified atom stereocenters. The number of carbonyl (C=O) groups is 1. The maximum absolute atomic E-state index is 11.3. The van der Waals surface area contributed by atoms with Crippen molar-refractivity contribution in [3.63, 3.8) is 0 Å². The first-order chi connectivity index (χ1) is 6.10. The van der Waals surface area contributed by atoms with Gasteiger partial charge < -0.3 is 4.74 Å². The minimum Gasteiger partial charge on any atom is -0.465 e. The molecular weight excluding hydrogens is 166 g/mol. The predicted molar refractivity (Wildman–Crippen MR) is 49.8 cm³/mol. The number of hydrogen-bond donors (Lipinski definition) is 0. The van der Waals surface area contributed by atoms with Gasteiger partial charge in [-0.2, -0.15) is 5.26 Å². The van der Waals surface area contributed by atoms with Crippen molar-refractivity contribution in [2.45, 2.75) is 27.2 Å². The molecule has 0 aromatic carbocycles. The summed E-state index contributed by atoms with van der Waals surface area (Å²) >= 11 is 0. The number of allylic oxidation sites excluding steroid dienone is 2. The highest BCUT2D eigenvalue weighted by atomic mass is 16.5. The van der Waals surface area contributed by atoms with E-state index in [1.807, 2.05) is 19.1 Å². The lowest BCUT2D eigenvalue weighted by atomic mass is 9.88. The van der Waals surface area contributed by atoms with Gasteiger partial charge >= 0.3 is 5.97 Å². The topological polar surface area (TPSA) is 50.1 Å². The number of rotatable bonds is 4. The number of hydrogen-bond acceptors (Lipinski definition) is 3. The fourth-order valence-electron chi connectivity index (χ4n) is 0.819. The van der Waals surface area contributed by atoms with Crippen molar-refractivity contribution in [3.8, 4) is 6.07 Å². The van der Waals surface area contributed by atoms with Crippen molar-refractivity contribution in [2.24, 2.45) is 5.41 Å². The van der Waals surface area contributed by atoms with Crippen LogP contribution < -0.4 is 0 Å². The minimum absolute atomic E-state index is 0.311. The fraction of sp³-hybridized carbons (Fsp3) is 0.600. The third kappa shape index (κ3) is 3.29. The second kappa shape index (κ2) is 5.36. The minimum atomic E-state index is -1.04. The molecule has 0 aliphatic heterocycles. The van der Waals surface area contributed by atoms with Crippen LogP contribution in [0.25, 0.3) is 0 Å². The number of nitrogens with zero attached hydrogens (tertiary/aromatic N) is 1. The average molecular weight is 181 g/mol. The molecule has 0 saturated carbocycles. The molecule has 0 saturated heterocycles. The zero-order chi connectivity index (χ0) is 10.3. The lowest BCUT2D eigenvalue weighted by Gasteiger charge is -2.16. The van der Waals surface area contributed by atoms with Gasteiger partial charge in [-0.15, -0.1) is 0 Å². The molecule has 0 rings (SSSR count). The van der Waals surface area contributed by atoms with Crippen molar-refractivity contribution >= 4 is 5.97 Å². The first kappa shape index (κ1) is 11.7. The van der Waals surface area contributed by atoms with E-state index < -0.39 is 11.4 Å². The van der Waals surface area contributed by atoms with E-state index in [0.29, 0.717) is 13.0 Å². The lowest BCUT2D eigenvalue weighted by molar-refractivity contribution is -0.150. The van der Waals surface area contributed by atoms with Gasteiger partial charge in [0.05, 0.1) is 12.7 Å². The molecule has 3 heteroatoms. The van der Waals surface area contributed by atoms with E-state index in [4.69, 9.17) is 10.00 Å². The monoisotopic (exact) mass is 181 g/mol. The number of ether oxygens (including phenoxy) is 1. The molecule has 0 aliphatic rings. The fourth-order valence-corrected chi connectivity index (χ4v) is 0.819. The molecule has 0 bridgehead atoms. The number of esters is 1. The van der Waals surface area contributed by atoms with Crippen molar-refractivity contribution in [1.29, 1.82) is 5.26 Å². The highest BCUT2D eigenvalue weighted by Gasteiger charge is 2.33. The van der Waals surface area contributed by atoms with Crippen LogP contribution in [-0.2, 0) is 9.53 Å². The smallest absolute Gasteiger partial charge is 0.326 e. The molecule has 0 radical (unpaired) electrons. The van der Waals surface area contributed by atoms with Gasteiger partial charge in [-0.05, 0) is 27.2 Å². The van der Waals surface area contributed by atoms with Crippen molar-refractivity contribution in [1.82, 2.24) is 0 Å². The van der Waals surface area contributed by atoms with Gasteiger partial charge in [0.2, 0.25) is 0 Å². The summed E-state index contributed by atoms with van der Waals surface area (Å²) in [7, 11) is 0. The molecule has 0 amide bonds. The van der Waals surface area contributed by atoms with Crippen molar-refractivity contribution < 1.29 is 9.53 Å². The van der Waals surface area contributed by atoms with E-state index in [1.54, 1.807) is 19.9 Å². The molecule has 0 heterocycles. The summed E-state index contributed by atoms with van der Waals surface area (Å²) in [5, 5.41) is 8.82. The molecule has 0 aromatic rings. The summed E-state index contributed by atoms with van der Waals surface area (Å²) < 4.78 is 4.80. The maximum atomic E-state index is 11.3. The van der Waals surface area contributed by atoms with E-state index in [0.717, 1.165) is 0 Å². The van der Waals surface area contributed by atoms with Crippen LogP contribution in [0.3, 0.4) is 0 Å². The molecule has 72 valence electrons. The average Bonchev–Trinajstić information content (AvgIpc) is 2.14. The van der Waals surface area contributed by atoms with Crippen LogP contribution in [0.4, 0.5) is 0 Å². The van der Waals surface area contributed by atoms with Gasteiger partial charge in [0.1, 0.15) is 0 Å². The Morgan fingerprint density at radius 3 is 2.69 bits per heavy atom. The van der Waals surface area contributed by atoms with Gasteiger partial charge in [-0.25, -0.2) is 0 Å². The molecule has 13 heavy (non-hydrogen) atoms. The normalized spacial score (nSPS) is 14.9. The van der Waals surface area contributed by atoms with Gasteiger partial charge in [-0.3, -0.25) is 4.79 Å². The third-order valence-corrected chi connectivity index (χ3v) is 1.73. The first-order valence-electron chi connectivity index (χ1n) is 4.30. The van der Waals surface area contributed by atoms with Gasteiger partial charge in [0.15, 0.2) is 5.41 Å². The van der Waals surface area contributed by atoms with Gasteiger partial charge in [0.25, 0.3) is 0 Å². The summed E-state index contributed by atoms with van der Waals surface area (Å²) in [6.07, 6.45) is 4.01. The highest BCUT2D eigenvalue weighted by Crippen LogP contribution is 2.22. The van der Waals surface area contributed by atoms with E-state index in [1.165, 1.54) is 0 Å².